The van der Waals surface area contributed by atoms with Crippen LogP contribution in [0.3, 0.4) is 0 Å². The highest BCUT2D eigenvalue weighted by molar-refractivity contribution is 5.99. The van der Waals surface area contributed by atoms with E-state index in [1.165, 1.54) is 18.2 Å². The highest BCUT2D eigenvalue weighted by atomic mass is 19.1. The first-order chi connectivity index (χ1) is 18.4. The molecule has 0 spiro atoms. The molecule has 38 heavy (non-hydrogen) atoms. The highest BCUT2D eigenvalue weighted by Crippen LogP contribution is 2.41. The van der Waals surface area contributed by atoms with E-state index in [9.17, 15) is 13.6 Å². The molecule has 4 heterocycles. The van der Waals surface area contributed by atoms with Gasteiger partial charge in [0.15, 0.2) is 11.5 Å². The summed E-state index contributed by atoms with van der Waals surface area (Å²) in [5.74, 6) is -0.132. The van der Waals surface area contributed by atoms with Crippen molar-refractivity contribution in [1.29, 1.82) is 0 Å². The third-order valence-electron chi connectivity index (χ3n) is 6.68. The third-order valence-corrected chi connectivity index (χ3v) is 6.68. The number of ether oxygens (including phenoxy) is 1. The van der Waals surface area contributed by atoms with Gasteiger partial charge < -0.3 is 9.30 Å². The average Bonchev–Trinajstić information content (AvgIpc) is 3.43. The first-order valence-corrected chi connectivity index (χ1v) is 12.2. The summed E-state index contributed by atoms with van der Waals surface area (Å²) in [6, 6.07) is 13.4. The summed E-state index contributed by atoms with van der Waals surface area (Å²) in [6.45, 7) is 4.60. The molecule has 0 radical (unpaired) electrons. The number of imidazole rings is 1. The number of H-pyrrole nitrogens is 1. The molecule has 6 rings (SSSR count). The van der Waals surface area contributed by atoms with Crippen molar-refractivity contribution < 1.29 is 18.0 Å². The quantitative estimate of drug-likeness (QED) is 0.321. The van der Waals surface area contributed by atoms with Crippen LogP contribution in [0.5, 0.6) is 5.75 Å². The van der Waals surface area contributed by atoms with Crippen LogP contribution in [0.15, 0.2) is 57.8 Å². The number of halogens is 2. The summed E-state index contributed by atoms with van der Waals surface area (Å²) in [5.41, 5.74) is 5.96. The first-order valence-electron chi connectivity index (χ1n) is 12.2. The van der Waals surface area contributed by atoms with Crippen LogP contribution in [0.2, 0.25) is 0 Å². The molecule has 0 saturated heterocycles. The van der Waals surface area contributed by atoms with Crippen LogP contribution < -0.4 is 10.5 Å². The number of aromatic amines is 1. The van der Waals surface area contributed by atoms with Gasteiger partial charge >= 0.3 is 5.76 Å². The average molecular weight is 516 g/mol. The smallest absolute Gasteiger partial charge is 0.439 e. The van der Waals surface area contributed by atoms with Gasteiger partial charge in [-0.25, -0.2) is 14.2 Å². The Labute approximate surface area is 215 Å². The summed E-state index contributed by atoms with van der Waals surface area (Å²) < 4.78 is 40.7. The molecule has 0 bridgehead atoms. The van der Waals surface area contributed by atoms with E-state index >= 15 is 0 Å². The Morgan fingerprint density at radius 2 is 1.92 bits per heavy atom. The standard InChI is InChI=1S/C28H23F2N5O3/c1-3-4-24-32-27-21(9-10-23(30)31-27)35(24)13-16-5-7-19-17(11-16)14-37-22-12-18(29)6-8-20(22)25(19)15(2)26-33-28(36)38-34-26/h5-12H,3-4,13-14H2,1-2H3,(H,33,34,36)/b25-15+. The van der Waals surface area contributed by atoms with Crippen molar-refractivity contribution in [2.45, 2.75) is 39.8 Å². The zero-order valence-electron chi connectivity index (χ0n) is 20.7. The van der Waals surface area contributed by atoms with Gasteiger partial charge in [-0.15, -0.1) is 0 Å². The van der Waals surface area contributed by atoms with E-state index < -0.39 is 17.5 Å². The van der Waals surface area contributed by atoms with Gasteiger partial charge in [-0.05, 0) is 65.9 Å². The van der Waals surface area contributed by atoms with Gasteiger partial charge in [0.2, 0.25) is 5.95 Å². The second kappa shape index (κ2) is 9.37. The normalized spacial score (nSPS) is 14.1. The number of aryl methyl sites for hydroxylation is 1. The molecular formula is C28H23F2N5O3. The molecule has 0 saturated carbocycles. The Kier molecular flexibility index (Phi) is 5.86. The van der Waals surface area contributed by atoms with Crippen LogP contribution in [0.25, 0.3) is 22.3 Å². The lowest BCUT2D eigenvalue weighted by Gasteiger charge is -2.15. The van der Waals surface area contributed by atoms with Crippen molar-refractivity contribution in [3.63, 3.8) is 0 Å². The number of allylic oxidation sites excluding steroid dienone is 1. The van der Waals surface area contributed by atoms with Crippen molar-refractivity contribution in [2.24, 2.45) is 0 Å². The van der Waals surface area contributed by atoms with Gasteiger partial charge in [0, 0.05) is 30.2 Å². The molecule has 192 valence electrons. The fourth-order valence-electron chi connectivity index (χ4n) is 4.95. The minimum absolute atomic E-state index is 0.213. The maximum atomic E-state index is 14.1. The summed E-state index contributed by atoms with van der Waals surface area (Å²) in [4.78, 5) is 22.8. The number of nitrogens with one attached hydrogen (secondary N) is 1. The number of fused-ring (bicyclic) bond motifs is 3. The number of aromatic nitrogens is 5. The summed E-state index contributed by atoms with van der Waals surface area (Å²) in [7, 11) is 0. The topological polar surface area (TPSA) is 98.8 Å². The Hall–Kier alpha value is -4.60. The van der Waals surface area contributed by atoms with E-state index in [1.54, 1.807) is 12.1 Å². The molecule has 8 nitrogen and oxygen atoms in total. The fraction of sp³-hybridized carbons (Fsp3) is 0.214. The number of pyridine rings is 1. The molecule has 5 aromatic rings. The van der Waals surface area contributed by atoms with Gasteiger partial charge in [0.25, 0.3) is 0 Å². The minimum Gasteiger partial charge on any atom is -0.488 e. The molecule has 3 aromatic heterocycles. The maximum absolute atomic E-state index is 14.1. The van der Waals surface area contributed by atoms with E-state index in [4.69, 9.17) is 9.26 Å². The molecular weight excluding hydrogens is 492 g/mol. The summed E-state index contributed by atoms with van der Waals surface area (Å²) in [5, 5.41) is 3.86. The summed E-state index contributed by atoms with van der Waals surface area (Å²) >= 11 is 0. The monoisotopic (exact) mass is 515 g/mol. The van der Waals surface area contributed by atoms with Gasteiger partial charge in [0.1, 0.15) is 24.0 Å². The molecule has 0 atom stereocenters. The van der Waals surface area contributed by atoms with Crippen molar-refractivity contribution in [1.82, 2.24) is 24.7 Å². The number of rotatable bonds is 5. The molecule has 1 aliphatic heterocycles. The van der Waals surface area contributed by atoms with Crippen molar-refractivity contribution in [3.05, 3.63) is 105 Å². The molecule has 10 heteroatoms. The molecule has 1 aliphatic rings. The highest BCUT2D eigenvalue weighted by Gasteiger charge is 2.24. The zero-order valence-corrected chi connectivity index (χ0v) is 20.7. The van der Waals surface area contributed by atoms with Crippen LogP contribution in [-0.4, -0.2) is 24.7 Å². The Morgan fingerprint density at radius 3 is 2.71 bits per heavy atom. The molecule has 0 unspecified atom stereocenters. The van der Waals surface area contributed by atoms with Crippen LogP contribution in [0.4, 0.5) is 8.78 Å². The predicted octanol–water partition coefficient (Wildman–Crippen LogP) is 5.26. The van der Waals surface area contributed by atoms with Crippen LogP contribution in [0, 0.1) is 11.8 Å². The van der Waals surface area contributed by atoms with Crippen molar-refractivity contribution in [2.75, 3.05) is 0 Å². The molecule has 2 aromatic carbocycles. The Morgan fingerprint density at radius 1 is 1.08 bits per heavy atom. The van der Waals surface area contributed by atoms with E-state index in [-0.39, 0.29) is 12.4 Å². The lowest BCUT2D eigenvalue weighted by atomic mass is 9.89. The SMILES string of the molecule is CCCc1nc2nc(F)ccc2n1Cc1ccc2c(c1)COc1cc(F)ccc1/C2=C(\C)c1noc(=O)[nH]1. The zero-order chi connectivity index (χ0) is 26.4. The molecule has 0 fully saturated rings. The maximum Gasteiger partial charge on any atom is 0.439 e. The minimum atomic E-state index is -0.662. The second-order valence-corrected chi connectivity index (χ2v) is 9.21. The number of hydrogen-bond acceptors (Lipinski definition) is 6. The predicted molar refractivity (Wildman–Crippen MR) is 136 cm³/mol. The third kappa shape index (κ3) is 4.17. The van der Waals surface area contributed by atoms with Gasteiger partial charge in [-0.1, -0.05) is 24.2 Å². The lowest BCUT2D eigenvalue weighted by molar-refractivity contribution is 0.305. The first kappa shape index (κ1) is 23.8. The van der Waals surface area contributed by atoms with E-state index in [0.29, 0.717) is 29.1 Å². The van der Waals surface area contributed by atoms with E-state index in [2.05, 4.69) is 31.6 Å². The summed E-state index contributed by atoms with van der Waals surface area (Å²) in [6.07, 6.45) is 1.62. The molecule has 0 aliphatic carbocycles. The lowest BCUT2D eigenvalue weighted by Crippen LogP contribution is -2.07. The van der Waals surface area contributed by atoms with Crippen molar-refractivity contribution >= 4 is 22.3 Å². The van der Waals surface area contributed by atoms with E-state index in [1.807, 2.05) is 25.1 Å². The van der Waals surface area contributed by atoms with Crippen molar-refractivity contribution in [3.8, 4) is 5.75 Å². The van der Waals surface area contributed by atoms with Crippen LogP contribution in [0.1, 0.15) is 54.2 Å². The van der Waals surface area contributed by atoms with Gasteiger partial charge in [-0.2, -0.15) is 9.37 Å². The Bertz CT molecular complexity index is 1780. The number of hydrogen-bond donors (Lipinski definition) is 1. The second-order valence-electron chi connectivity index (χ2n) is 9.21. The molecule has 0 amide bonds. The number of nitrogens with zero attached hydrogens (tertiary/aromatic N) is 4. The van der Waals surface area contributed by atoms with E-state index in [0.717, 1.165) is 46.4 Å². The largest absolute Gasteiger partial charge is 0.488 e. The Balaban J connectivity index is 1.48. The fourth-order valence-corrected chi connectivity index (χ4v) is 4.95. The van der Waals surface area contributed by atoms with Gasteiger partial charge in [0.05, 0.1) is 5.52 Å². The van der Waals surface area contributed by atoms with Crippen LogP contribution >= 0.6 is 0 Å². The number of benzene rings is 2. The van der Waals surface area contributed by atoms with Gasteiger partial charge in [-0.3, -0.25) is 9.51 Å². The molecule has 1 N–H and O–H groups in total. The van der Waals surface area contributed by atoms with Crippen LogP contribution in [-0.2, 0) is 19.6 Å².